The molecule has 1 heterocycles. The molecule has 0 fully saturated rings. The van der Waals surface area contributed by atoms with Gasteiger partial charge in [0.1, 0.15) is 11.5 Å². The van der Waals surface area contributed by atoms with Gasteiger partial charge in [-0.3, -0.25) is 0 Å². The van der Waals surface area contributed by atoms with E-state index in [1.165, 1.54) is 42.4 Å². The van der Waals surface area contributed by atoms with Crippen LogP contribution < -0.4 is 4.74 Å². The highest BCUT2D eigenvalue weighted by molar-refractivity contribution is 5.68. The Morgan fingerprint density at radius 2 is 1.94 bits per heavy atom. The van der Waals surface area contributed by atoms with Crippen LogP contribution in [0.5, 0.6) is 5.75 Å². The first kappa shape index (κ1) is 10.4. The van der Waals surface area contributed by atoms with Crippen LogP contribution >= 0.6 is 0 Å². The number of allylic oxidation sites excluding steroid dienone is 2. The molecule has 0 bridgehead atoms. The zero-order chi connectivity index (χ0) is 11.7. The molecule has 0 atom stereocenters. The minimum Gasteiger partial charge on any atom is -0.457 e. The van der Waals surface area contributed by atoms with Gasteiger partial charge >= 0.3 is 0 Å². The monoisotopic (exact) mass is 224 g/mol. The summed E-state index contributed by atoms with van der Waals surface area (Å²) < 4.78 is 5.65. The topological polar surface area (TPSA) is 9.23 Å². The predicted octanol–water partition coefficient (Wildman–Crippen LogP) is 4.35. The van der Waals surface area contributed by atoms with Crippen LogP contribution in [0.2, 0.25) is 0 Å². The van der Waals surface area contributed by atoms with E-state index in [0.717, 1.165) is 5.75 Å². The van der Waals surface area contributed by atoms with Crippen LogP contribution in [0.25, 0.3) is 12.2 Å². The lowest BCUT2D eigenvalue weighted by atomic mass is 9.94. The van der Waals surface area contributed by atoms with Gasteiger partial charge in [-0.25, -0.2) is 0 Å². The van der Waals surface area contributed by atoms with Crippen molar-refractivity contribution < 1.29 is 4.74 Å². The third-order valence-corrected chi connectivity index (χ3v) is 3.33. The van der Waals surface area contributed by atoms with Gasteiger partial charge in [0.2, 0.25) is 0 Å². The molecule has 0 aromatic heterocycles. The van der Waals surface area contributed by atoms with Gasteiger partial charge in [0.15, 0.2) is 0 Å². The van der Waals surface area contributed by atoms with Crippen LogP contribution in [-0.4, -0.2) is 0 Å². The molecule has 1 aromatic carbocycles. The number of benzene rings is 1. The third kappa shape index (κ3) is 2.05. The molecule has 0 amide bonds. The van der Waals surface area contributed by atoms with E-state index < -0.39 is 0 Å². The SMILES string of the molecule is C=C1C=Cc2cc3c(cc2O1)/C=C\CCCC3. The van der Waals surface area contributed by atoms with Crippen molar-refractivity contribution in [2.24, 2.45) is 0 Å². The fourth-order valence-electron chi connectivity index (χ4n) is 2.40. The number of rotatable bonds is 0. The van der Waals surface area contributed by atoms with Gasteiger partial charge < -0.3 is 4.74 Å². The largest absolute Gasteiger partial charge is 0.457 e. The first-order chi connectivity index (χ1) is 8.33. The Kier molecular flexibility index (Phi) is 2.60. The average molecular weight is 224 g/mol. The van der Waals surface area contributed by atoms with Gasteiger partial charge in [0.05, 0.1) is 0 Å². The Hall–Kier alpha value is -1.76. The molecule has 2 aliphatic rings. The molecule has 1 nitrogen and oxygen atoms in total. The van der Waals surface area contributed by atoms with Crippen LogP contribution in [-0.2, 0) is 6.42 Å². The fourth-order valence-corrected chi connectivity index (χ4v) is 2.40. The molecule has 0 radical (unpaired) electrons. The number of aryl methyl sites for hydroxylation is 1. The lowest BCUT2D eigenvalue weighted by Crippen LogP contribution is -2.01. The van der Waals surface area contributed by atoms with E-state index in [1.807, 2.05) is 6.08 Å². The summed E-state index contributed by atoms with van der Waals surface area (Å²) >= 11 is 0. The first-order valence-electron chi connectivity index (χ1n) is 6.21. The Morgan fingerprint density at radius 3 is 2.88 bits per heavy atom. The Bertz CT molecular complexity index is 521. The summed E-state index contributed by atoms with van der Waals surface area (Å²) in [6.45, 7) is 3.83. The Morgan fingerprint density at radius 1 is 1.00 bits per heavy atom. The molecule has 0 unspecified atom stereocenters. The maximum atomic E-state index is 5.65. The minimum atomic E-state index is 0.715. The second-order valence-electron chi connectivity index (χ2n) is 4.64. The minimum absolute atomic E-state index is 0.715. The molecule has 3 rings (SSSR count). The first-order valence-corrected chi connectivity index (χ1v) is 6.21. The normalized spacial score (nSPS) is 19.6. The van der Waals surface area contributed by atoms with E-state index in [1.54, 1.807) is 0 Å². The maximum absolute atomic E-state index is 5.65. The van der Waals surface area contributed by atoms with Gasteiger partial charge in [0, 0.05) is 5.56 Å². The zero-order valence-corrected chi connectivity index (χ0v) is 9.91. The lowest BCUT2D eigenvalue weighted by molar-refractivity contribution is 0.442. The fraction of sp³-hybridized carbons (Fsp3) is 0.250. The van der Waals surface area contributed by atoms with Gasteiger partial charge in [0.25, 0.3) is 0 Å². The van der Waals surface area contributed by atoms with Crippen LogP contribution in [0.3, 0.4) is 0 Å². The number of fused-ring (bicyclic) bond motifs is 2. The van der Waals surface area contributed by atoms with Crippen molar-refractivity contribution in [2.75, 3.05) is 0 Å². The van der Waals surface area contributed by atoms with Gasteiger partial charge in [-0.05, 0) is 61.1 Å². The van der Waals surface area contributed by atoms with E-state index in [2.05, 4.69) is 36.9 Å². The second kappa shape index (κ2) is 4.25. The van der Waals surface area contributed by atoms with Crippen LogP contribution in [0.15, 0.2) is 36.6 Å². The number of hydrogen-bond acceptors (Lipinski definition) is 1. The van der Waals surface area contributed by atoms with Crippen molar-refractivity contribution in [3.05, 3.63) is 53.3 Å². The van der Waals surface area contributed by atoms with E-state index >= 15 is 0 Å². The van der Waals surface area contributed by atoms with Gasteiger partial charge in [-0.15, -0.1) is 0 Å². The molecule has 0 spiro atoms. The summed E-state index contributed by atoms with van der Waals surface area (Å²) in [5.41, 5.74) is 3.90. The Labute approximate surface area is 102 Å². The zero-order valence-electron chi connectivity index (χ0n) is 9.91. The molecule has 0 saturated heterocycles. The van der Waals surface area contributed by atoms with Gasteiger partial charge in [-0.2, -0.15) is 0 Å². The molecule has 1 heteroatoms. The summed E-state index contributed by atoms with van der Waals surface area (Å²) in [5, 5.41) is 0. The number of hydrogen-bond donors (Lipinski definition) is 0. The number of ether oxygens (including phenoxy) is 1. The quantitative estimate of drug-likeness (QED) is 0.636. The van der Waals surface area contributed by atoms with Crippen molar-refractivity contribution in [1.29, 1.82) is 0 Å². The Balaban J connectivity index is 2.09. The standard InChI is InChI=1S/C16H16O/c1-12-8-9-15-10-13-6-4-2-3-5-7-14(13)11-16(15)17-12/h5,7-11H,1-4,6H2/b7-5-. The molecule has 0 saturated carbocycles. The molecule has 86 valence electrons. The highest BCUT2D eigenvalue weighted by atomic mass is 16.5. The van der Waals surface area contributed by atoms with Gasteiger partial charge in [-0.1, -0.05) is 18.7 Å². The predicted molar refractivity (Wildman–Crippen MR) is 71.8 cm³/mol. The van der Waals surface area contributed by atoms with Crippen LogP contribution in [0, 0.1) is 0 Å². The molecule has 17 heavy (non-hydrogen) atoms. The van der Waals surface area contributed by atoms with E-state index in [0.29, 0.717) is 5.76 Å². The summed E-state index contributed by atoms with van der Waals surface area (Å²) in [6.07, 6.45) is 13.4. The third-order valence-electron chi connectivity index (χ3n) is 3.33. The van der Waals surface area contributed by atoms with Crippen molar-refractivity contribution in [1.82, 2.24) is 0 Å². The van der Waals surface area contributed by atoms with E-state index in [4.69, 9.17) is 4.74 Å². The van der Waals surface area contributed by atoms with E-state index in [-0.39, 0.29) is 0 Å². The highest BCUT2D eigenvalue weighted by Gasteiger charge is 2.12. The smallest absolute Gasteiger partial charge is 0.135 e. The summed E-state index contributed by atoms with van der Waals surface area (Å²) in [4.78, 5) is 0. The van der Waals surface area contributed by atoms with Crippen LogP contribution in [0.4, 0.5) is 0 Å². The molecule has 1 aliphatic heterocycles. The highest BCUT2D eigenvalue weighted by Crippen LogP contribution is 2.32. The van der Waals surface area contributed by atoms with Crippen molar-refractivity contribution in [3.8, 4) is 5.75 Å². The summed E-state index contributed by atoms with van der Waals surface area (Å²) in [7, 11) is 0. The van der Waals surface area contributed by atoms with Crippen molar-refractivity contribution in [2.45, 2.75) is 25.7 Å². The van der Waals surface area contributed by atoms with E-state index in [9.17, 15) is 0 Å². The average Bonchev–Trinajstić information content (AvgIpc) is 2.29. The molecule has 0 N–H and O–H groups in total. The van der Waals surface area contributed by atoms with Crippen LogP contribution in [0.1, 0.15) is 36.0 Å². The summed E-state index contributed by atoms with van der Waals surface area (Å²) in [5.74, 6) is 1.65. The summed E-state index contributed by atoms with van der Waals surface area (Å²) in [6, 6.07) is 4.39. The molecular formula is C16H16O. The lowest BCUT2D eigenvalue weighted by Gasteiger charge is -2.18. The maximum Gasteiger partial charge on any atom is 0.135 e. The molecule has 1 aliphatic carbocycles. The molecular weight excluding hydrogens is 208 g/mol. The molecule has 1 aromatic rings. The van der Waals surface area contributed by atoms with Crippen molar-refractivity contribution >= 4 is 12.2 Å². The van der Waals surface area contributed by atoms with Crippen molar-refractivity contribution in [3.63, 3.8) is 0 Å². The second-order valence-corrected chi connectivity index (χ2v) is 4.64.